The van der Waals surface area contributed by atoms with Gasteiger partial charge in [0.05, 0.1) is 6.26 Å². The first-order valence-corrected chi connectivity index (χ1v) is 12.4. The number of carboxylic acid groups (broad SMARTS) is 1. The molecule has 4 rings (SSSR count). The minimum absolute atomic E-state index is 0.0330. The minimum atomic E-state index is -1.17. The molecule has 1 fully saturated rings. The van der Waals surface area contributed by atoms with Crippen LogP contribution in [0.5, 0.6) is 0 Å². The molecule has 164 valence electrons. The summed E-state index contributed by atoms with van der Waals surface area (Å²) in [4.78, 5) is 38.7. The van der Waals surface area contributed by atoms with Crippen molar-refractivity contribution in [2.75, 3.05) is 17.8 Å². The van der Waals surface area contributed by atoms with Gasteiger partial charge in [-0.05, 0) is 34.4 Å². The number of β-lactam (4-membered cyclic amide) rings is 1. The Morgan fingerprint density at radius 1 is 1.48 bits per heavy atom. The number of amides is 2. The molecule has 3 atom stereocenters. The predicted octanol–water partition coefficient (Wildman–Crippen LogP) is 0.738. The number of hydrogen-bond acceptors (Lipinski definition) is 10. The van der Waals surface area contributed by atoms with Crippen molar-refractivity contribution in [2.24, 2.45) is 7.05 Å². The van der Waals surface area contributed by atoms with Gasteiger partial charge in [-0.2, -0.15) is 0 Å². The Balaban J connectivity index is 1.47. The molecule has 0 saturated carbocycles. The number of aliphatic carboxylic acids is 1. The predicted molar refractivity (Wildman–Crippen MR) is 114 cm³/mol. The average Bonchev–Trinajstić information content (AvgIpc) is 3.42. The number of rotatable bonds is 8. The number of nitrogens with one attached hydrogen (secondary N) is 1. The Bertz CT molecular complexity index is 1040. The van der Waals surface area contributed by atoms with Crippen molar-refractivity contribution in [1.82, 2.24) is 30.4 Å². The summed E-state index contributed by atoms with van der Waals surface area (Å²) >= 11 is 4.01. The summed E-state index contributed by atoms with van der Waals surface area (Å²) < 4.78 is 6.81. The van der Waals surface area contributed by atoms with Crippen LogP contribution in [0, 0.1) is 0 Å². The molecule has 2 aromatic rings. The topological polar surface area (TPSA) is 143 Å². The third-order valence-electron chi connectivity index (χ3n) is 4.78. The molecule has 2 unspecified atom stereocenters. The van der Waals surface area contributed by atoms with E-state index < -0.39 is 28.5 Å². The van der Waals surface area contributed by atoms with Gasteiger partial charge in [0.2, 0.25) is 11.1 Å². The van der Waals surface area contributed by atoms with Crippen molar-refractivity contribution in [1.29, 1.82) is 0 Å². The van der Waals surface area contributed by atoms with E-state index in [0.29, 0.717) is 28.0 Å². The summed E-state index contributed by atoms with van der Waals surface area (Å²) in [6, 6.07) is 2.61. The van der Waals surface area contributed by atoms with Crippen LogP contribution < -0.4 is 5.32 Å². The molecule has 0 bridgehead atoms. The van der Waals surface area contributed by atoms with E-state index in [2.05, 4.69) is 20.8 Å². The lowest BCUT2D eigenvalue weighted by atomic mass is 10.0. The van der Waals surface area contributed by atoms with Crippen molar-refractivity contribution < 1.29 is 23.9 Å². The van der Waals surface area contributed by atoms with E-state index in [9.17, 15) is 19.5 Å². The Hall–Kier alpha value is -2.45. The van der Waals surface area contributed by atoms with E-state index in [0.717, 1.165) is 0 Å². The number of nitrogens with zero attached hydrogens (tertiary/aromatic N) is 5. The number of carbonyl (C=O) groups is 3. The van der Waals surface area contributed by atoms with Gasteiger partial charge in [-0.1, -0.05) is 11.8 Å². The lowest BCUT2D eigenvalue weighted by molar-refractivity contribution is -0.150. The average molecular weight is 483 g/mol. The van der Waals surface area contributed by atoms with Gasteiger partial charge < -0.3 is 14.8 Å². The third-order valence-corrected chi connectivity index (χ3v) is 8.13. The number of furan rings is 1. The fourth-order valence-electron chi connectivity index (χ4n) is 3.31. The Morgan fingerprint density at radius 2 is 2.29 bits per heavy atom. The van der Waals surface area contributed by atoms with E-state index in [1.165, 1.54) is 51.1 Å². The van der Waals surface area contributed by atoms with Gasteiger partial charge in [-0.15, -0.1) is 28.6 Å². The van der Waals surface area contributed by atoms with Crippen molar-refractivity contribution in [2.45, 2.75) is 21.8 Å². The third kappa shape index (κ3) is 4.06. The number of aromatic nitrogens is 4. The maximum atomic E-state index is 12.8. The molecule has 0 aliphatic carbocycles. The minimum Gasteiger partial charge on any atom is -0.477 e. The molecule has 2 N–H and O–H groups in total. The Kier molecular flexibility index (Phi) is 6.29. The Morgan fingerprint density at radius 3 is 2.90 bits per heavy atom. The van der Waals surface area contributed by atoms with Gasteiger partial charge in [0.25, 0.3) is 5.91 Å². The monoisotopic (exact) mass is 482 g/mol. The van der Waals surface area contributed by atoms with Crippen LogP contribution in [0.2, 0.25) is 0 Å². The highest BCUT2D eigenvalue weighted by Crippen LogP contribution is 2.42. The SMILES string of the molecule is CSC(C(=O)NC1C(=O)N2C(C(=O)O)=C(CSc3nnnn3C)CS[C@H]12)c1ccco1. The smallest absolute Gasteiger partial charge is 0.352 e. The van der Waals surface area contributed by atoms with Crippen molar-refractivity contribution in [3.8, 4) is 0 Å². The number of hydrogen-bond donors (Lipinski definition) is 2. The lowest BCUT2D eigenvalue weighted by Crippen LogP contribution is -2.70. The van der Waals surface area contributed by atoms with Crippen LogP contribution in [0.4, 0.5) is 0 Å². The summed E-state index contributed by atoms with van der Waals surface area (Å²) in [5.41, 5.74) is 0.576. The zero-order valence-electron chi connectivity index (χ0n) is 16.4. The van der Waals surface area contributed by atoms with Gasteiger partial charge >= 0.3 is 5.97 Å². The van der Waals surface area contributed by atoms with E-state index in [1.54, 1.807) is 25.4 Å². The molecule has 11 nitrogen and oxygen atoms in total. The van der Waals surface area contributed by atoms with Crippen molar-refractivity contribution in [3.63, 3.8) is 0 Å². The summed E-state index contributed by atoms with van der Waals surface area (Å²) in [6.45, 7) is 0. The summed E-state index contributed by atoms with van der Waals surface area (Å²) in [5, 5.41) is 23.2. The second-order valence-corrected chi connectivity index (χ2v) is 9.65. The van der Waals surface area contributed by atoms with E-state index in [-0.39, 0.29) is 11.6 Å². The lowest BCUT2D eigenvalue weighted by Gasteiger charge is -2.49. The fraction of sp³-hybridized carbons (Fsp3) is 0.412. The largest absolute Gasteiger partial charge is 0.477 e. The first kappa shape index (κ1) is 21.8. The zero-order chi connectivity index (χ0) is 22.1. The highest BCUT2D eigenvalue weighted by atomic mass is 32.2. The van der Waals surface area contributed by atoms with Crippen LogP contribution in [0.25, 0.3) is 0 Å². The fourth-order valence-corrected chi connectivity index (χ4v) is 6.29. The first-order chi connectivity index (χ1) is 14.9. The second-order valence-electron chi connectivity index (χ2n) is 6.66. The number of fused-ring (bicyclic) bond motifs is 1. The maximum absolute atomic E-state index is 12.8. The molecule has 2 aliphatic rings. The number of carboxylic acids is 1. The van der Waals surface area contributed by atoms with Gasteiger partial charge in [-0.3, -0.25) is 14.5 Å². The molecule has 1 saturated heterocycles. The molecule has 31 heavy (non-hydrogen) atoms. The van der Waals surface area contributed by atoms with Gasteiger partial charge in [0.1, 0.15) is 28.1 Å². The van der Waals surface area contributed by atoms with Crippen LogP contribution in [-0.2, 0) is 21.4 Å². The molecular weight excluding hydrogens is 464 g/mol. The molecule has 2 amide bonds. The number of thioether (sulfide) groups is 3. The van der Waals surface area contributed by atoms with Gasteiger partial charge in [-0.25, -0.2) is 9.48 Å². The normalized spacial score (nSPS) is 21.5. The quantitative estimate of drug-likeness (QED) is 0.406. The molecule has 0 spiro atoms. The first-order valence-electron chi connectivity index (χ1n) is 9.04. The zero-order valence-corrected chi connectivity index (χ0v) is 18.9. The van der Waals surface area contributed by atoms with Crippen molar-refractivity contribution in [3.05, 3.63) is 35.4 Å². The second kappa shape index (κ2) is 8.96. The van der Waals surface area contributed by atoms with E-state index in [1.807, 2.05) is 0 Å². The van der Waals surface area contributed by atoms with Gasteiger partial charge in [0.15, 0.2) is 0 Å². The molecule has 14 heteroatoms. The summed E-state index contributed by atoms with van der Waals surface area (Å²) in [7, 11) is 1.69. The molecular formula is C17H18N6O5S3. The highest BCUT2D eigenvalue weighted by molar-refractivity contribution is 8.01. The van der Waals surface area contributed by atoms with E-state index >= 15 is 0 Å². The maximum Gasteiger partial charge on any atom is 0.352 e. The van der Waals surface area contributed by atoms with Crippen LogP contribution in [0.1, 0.15) is 11.0 Å². The molecule has 0 aromatic carbocycles. The molecule has 0 radical (unpaired) electrons. The van der Waals surface area contributed by atoms with Crippen LogP contribution in [0.15, 0.2) is 39.2 Å². The summed E-state index contributed by atoms with van der Waals surface area (Å²) in [6.07, 6.45) is 3.26. The van der Waals surface area contributed by atoms with Crippen LogP contribution in [-0.4, -0.2) is 77.2 Å². The Labute approximate surface area is 189 Å². The van der Waals surface area contributed by atoms with Gasteiger partial charge in [0, 0.05) is 18.6 Å². The summed E-state index contributed by atoms with van der Waals surface area (Å²) in [5.74, 6) is -0.710. The standard InChI is InChI=1S/C17H18N6O5S3/c1-22-17(19-20-21-22)31-7-8-6-30-15-10(14(25)23(15)11(8)16(26)27)18-13(24)12(29-2)9-4-3-5-28-9/h3-5,10,12,15H,6-7H2,1-2H3,(H,18,24)(H,26,27)/t10?,12?,15-/m1/s1. The highest BCUT2D eigenvalue weighted by Gasteiger charge is 2.54. The number of tetrazole rings is 1. The number of aryl methyl sites for hydroxylation is 1. The number of carbonyl (C=O) groups excluding carboxylic acids is 2. The van der Waals surface area contributed by atoms with E-state index in [4.69, 9.17) is 4.42 Å². The molecule has 2 aliphatic heterocycles. The molecule has 2 aromatic heterocycles. The molecule has 4 heterocycles. The van der Waals surface area contributed by atoms with Crippen LogP contribution in [0.3, 0.4) is 0 Å². The van der Waals surface area contributed by atoms with Crippen molar-refractivity contribution >= 4 is 53.1 Å². The van der Waals surface area contributed by atoms with Crippen LogP contribution >= 0.6 is 35.3 Å².